The Morgan fingerprint density at radius 1 is 1.33 bits per heavy atom. The number of nitrogens with zero attached hydrogens (tertiary/aromatic N) is 1. The van der Waals surface area contributed by atoms with Crippen LogP contribution < -0.4 is 10.1 Å². The van der Waals surface area contributed by atoms with Crippen LogP contribution >= 0.6 is 0 Å². The van der Waals surface area contributed by atoms with E-state index in [2.05, 4.69) is 10.2 Å². The molecule has 1 atom stereocenters. The van der Waals surface area contributed by atoms with Crippen LogP contribution in [-0.2, 0) is 4.79 Å². The molecule has 0 aliphatic carbocycles. The Balaban J connectivity index is 1.85. The lowest BCUT2D eigenvalue weighted by Crippen LogP contribution is -2.36. The van der Waals surface area contributed by atoms with Crippen molar-refractivity contribution in [3.05, 3.63) is 29.8 Å². The molecule has 1 fully saturated rings. The van der Waals surface area contributed by atoms with Crippen LogP contribution in [0.1, 0.15) is 30.6 Å². The SMILES string of the molecule is CCOc1ccc(C(=O)CN2CCC(NC(C)=O)C2)cc1. The summed E-state index contributed by atoms with van der Waals surface area (Å²) < 4.78 is 5.36. The van der Waals surface area contributed by atoms with Gasteiger partial charge in [0.2, 0.25) is 5.91 Å². The van der Waals surface area contributed by atoms with E-state index < -0.39 is 0 Å². The molecule has 5 heteroatoms. The molecule has 1 aliphatic heterocycles. The lowest BCUT2D eigenvalue weighted by atomic mass is 10.1. The molecular weight excluding hydrogens is 268 g/mol. The van der Waals surface area contributed by atoms with Crippen molar-refractivity contribution in [2.75, 3.05) is 26.2 Å². The molecule has 1 aromatic rings. The standard InChI is InChI=1S/C16H22N2O3/c1-3-21-15-6-4-13(5-7-15)16(20)11-18-9-8-14(10-18)17-12(2)19/h4-7,14H,3,8-11H2,1-2H3,(H,17,19). The van der Waals surface area contributed by atoms with Gasteiger partial charge in [0.1, 0.15) is 5.75 Å². The number of hydrogen-bond acceptors (Lipinski definition) is 4. The minimum atomic E-state index is -0.0142. The highest BCUT2D eigenvalue weighted by Gasteiger charge is 2.24. The fourth-order valence-corrected chi connectivity index (χ4v) is 2.58. The summed E-state index contributed by atoms with van der Waals surface area (Å²) in [5.41, 5.74) is 0.696. The molecule has 1 N–H and O–H groups in total. The third kappa shape index (κ3) is 4.56. The summed E-state index contributed by atoms with van der Waals surface area (Å²) in [5.74, 6) is 0.863. The Morgan fingerprint density at radius 2 is 2.05 bits per heavy atom. The highest BCUT2D eigenvalue weighted by atomic mass is 16.5. The zero-order valence-corrected chi connectivity index (χ0v) is 12.6. The maximum absolute atomic E-state index is 12.2. The second kappa shape index (κ2) is 7.22. The predicted molar refractivity (Wildman–Crippen MR) is 80.6 cm³/mol. The summed E-state index contributed by atoms with van der Waals surface area (Å²) in [6.07, 6.45) is 0.899. The summed E-state index contributed by atoms with van der Waals surface area (Å²) in [4.78, 5) is 25.3. The molecule has 1 saturated heterocycles. The first-order chi connectivity index (χ1) is 10.1. The minimum absolute atomic E-state index is 0.0142. The lowest BCUT2D eigenvalue weighted by Gasteiger charge is -2.15. The molecule has 5 nitrogen and oxygen atoms in total. The number of Topliss-reactive ketones (excluding diaryl/α,β-unsaturated/α-hetero) is 1. The summed E-state index contributed by atoms with van der Waals surface area (Å²) in [5, 5.41) is 2.90. The quantitative estimate of drug-likeness (QED) is 0.806. The third-order valence-electron chi connectivity index (χ3n) is 3.53. The first-order valence-electron chi connectivity index (χ1n) is 7.34. The Morgan fingerprint density at radius 3 is 2.67 bits per heavy atom. The minimum Gasteiger partial charge on any atom is -0.494 e. The van der Waals surface area contributed by atoms with Crippen LogP contribution in [0.2, 0.25) is 0 Å². The molecule has 0 aromatic heterocycles. The largest absolute Gasteiger partial charge is 0.494 e. The fourth-order valence-electron chi connectivity index (χ4n) is 2.58. The highest BCUT2D eigenvalue weighted by Crippen LogP contribution is 2.14. The van der Waals surface area contributed by atoms with Gasteiger partial charge in [-0.15, -0.1) is 0 Å². The maximum atomic E-state index is 12.2. The lowest BCUT2D eigenvalue weighted by molar-refractivity contribution is -0.119. The number of nitrogens with one attached hydrogen (secondary N) is 1. The number of benzene rings is 1. The maximum Gasteiger partial charge on any atom is 0.217 e. The summed E-state index contributed by atoms with van der Waals surface area (Å²) in [7, 11) is 0. The van der Waals surface area contributed by atoms with Crippen LogP contribution in [0.4, 0.5) is 0 Å². The molecule has 1 unspecified atom stereocenters. The molecule has 0 radical (unpaired) electrons. The molecular formula is C16H22N2O3. The average Bonchev–Trinajstić information content (AvgIpc) is 2.86. The van der Waals surface area contributed by atoms with Crippen molar-refractivity contribution in [1.29, 1.82) is 0 Å². The van der Waals surface area contributed by atoms with Crippen molar-refractivity contribution in [2.45, 2.75) is 26.3 Å². The Hall–Kier alpha value is -1.88. The molecule has 1 aromatic carbocycles. The van der Waals surface area contributed by atoms with E-state index in [1.807, 2.05) is 19.1 Å². The molecule has 114 valence electrons. The molecule has 0 spiro atoms. The van der Waals surface area contributed by atoms with Crippen molar-refractivity contribution >= 4 is 11.7 Å². The Labute approximate surface area is 125 Å². The van der Waals surface area contributed by atoms with Crippen LogP contribution in [0.15, 0.2) is 24.3 Å². The van der Waals surface area contributed by atoms with E-state index in [4.69, 9.17) is 4.74 Å². The Bertz CT molecular complexity index is 499. The topological polar surface area (TPSA) is 58.6 Å². The van der Waals surface area contributed by atoms with Crippen molar-refractivity contribution < 1.29 is 14.3 Å². The fraction of sp³-hybridized carbons (Fsp3) is 0.500. The third-order valence-corrected chi connectivity index (χ3v) is 3.53. The van der Waals surface area contributed by atoms with E-state index in [1.165, 1.54) is 6.92 Å². The molecule has 2 rings (SSSR count). The number of ether oxygens (including phenoxy) is 1. The number of carbonyl (C=O) groups is 2. The van der Waals surface area contributed by atoms with E-state index in [0.717, 1.165) is 25.3 Å². The number of hydrogen-bond donors (Lipinski definition) is 1. The molecule has 0 bridgehead atoms. The van der Waals surface area contributed by atoms with E-state index in [1.54, 1.807) is 12.1 Å². The van der Waals surface area contributed by atoms with Crippen LogP contribution in [0.3, 0.4) is 0 Å². The van der Waals surface area contributed by atoms with Gasteiger partial charge in [0, 0.05) is 31.6 Å². The van der Waals surface area contributed by atoms with Crippen LogP contribution in [0.5, 0.6) is 5.75 Å². The monoisotopic (exact) mass is 290 g/mol. The van der Waals surface area contributed by atoms with Crippen LogP contribution in [-0.4, -0.2) is 48.9 Å². The van der Waals surface area contributed by atoms with Crippen LogP contribution in [0, 0.1) is 0 Å². The molecule has 1 amide bonds. The number of likely N-dealkylation sites (tertiary alicyclic amines) is 1. The van der Waals surface area contributed by atoms with Gasteiger partial charge >= 0.3 is 0 Å². The Kier molecular flexibility index (Phi) is 5.33. The summed E-state index contributed by atoms with van der Waals surface area (Å²) in [6, 6.07) is 7.40. The summed E-state index contributed by atoms with van der Waals surface area (Å²) in [6.45, 7) is 6.04. The van der Waals surface area contributed by atoms with Gasteiger partial charge in [-0.3, -0.25) is 14.5 Å². The normalized spacial score (nSPS) is 18.5. The van der Waals surface area contributed by atoms with E-state index in [0.29, 0.717) is 18.7 Å². The second-order valence-electron chi connectivity index (χ2n) is 5.30. The van der Waals surface area contributed by atoms with Gasteiger partial charge in [-0.05, 0) is 37.6 Å². The van der Waals surface area contributed by atoms with Gasteiger partial charge in [-0.1, -0.05) is 0 Å². The number of carbonyl (C=O) groups excluding carboxylic acids is 2. The number of ketones is 1. The molecule has 0 saturated carbocycles. The van der Waals surface area contributed by atoms with Gasteiger partial charge in [0.25, 0.3) is 0 Å². The second-order valence-corrected chi connectivity index (χ2v) is 5.30. The first-order valence-corrected chi connectivity index (χ1v) is 7.34. The number of amides is 1. The van der Waals surface area contributed by atoms with Crippen molar-refractivity contribution in [3.63, 3.8) is 0 Å². The first kappa shape index (κ1) is 15.5. The smallest absolute Gasteiger partial charge is 0.217 e. The van der Waals surface area contributed by atoms with Crippen molar-refractivity contribution in [3.8, 4) is 5.75 Å². The molecule has 21 heavy (non-hydrogen) atoms. The zero-order chi connectivity index (χ0) is 15.2. The highest BCUT2D eigenvalue weighted by molar-refractivity contribution is 5.97. The summed E-state index contributed by atoms with van der Waals surface area (Å²) >= 11 is 0. The molecule has 1 aliphatic rings. The van der Waals surface area contributed by atoms with Gasteiger partial charge in [0.05, 0.1) is 13.2 Å². The number of rotatable bonds is 6. The van der Waals surface area contributed by atoms with Gasteiger partial charge in [0.15, 0.2) is 5.78 Å². The average molecular weight is 290 g/mol. The van der Waals surface area contributed by atoms with Crippen molar-refractivity contribution in [1.82, 2.24) is 10.2 Å². The van der Waals surface area contributed by atoms with Crippen LogP contribution in [0.25, 0.3) is 0 Å². The van der Waals surface area contributed by atoms with E-state index in [-0.39, 0.29) is 17.7 Å². The zero-order valence-electron chi connectivity index (χ0n) is 12.6. The van der Waals surface area contributed by atoms with Crippen molar-refractivity contribution in [2.24, 2.45) is 0 Å². The van der Waals surface area contributed by atoms with E-state index in [9.17, 15) is 9.59 Å². The van der Waals surface area contributed by atoms with Gasteiger partial charge in [-0.25, -0.2) is 0 Å². The predicted octanol–water partition coefficient (Wildman–Crippen LogP) is 1.48. The van der Waals surface area contributed by atoms with E-state index >= 15 is 0 Å². The van der Waals surface area contributed by atoms with Gasteiger partial charge < -0.3 is 10.1 Å². The molecule has 1 heterocycles. The van der Waals surface area contributed by atoms with Gasteiger partial charge in [-0.2, -0.15) is 0 Å².